The van der Waals surface area contributed by atoms with E-state index in [1.54, 1.807) is 23.7 Å². The number of hydrogen-bond acceptors (Lipinski definition) is 8. The number of imidazole rings is 1. The molecule has 0 bridgehead atoms. The molecule has 1 aliphatic carbocycles. The third kappa shape index (κ3) is 7.29. The Morgan fingerprint density at radius 3 is 2.45 bits per heavy atom. The number of anilines is 1. The van der Waals surface area contributed by atoms with E-state index in [9.17, 15) is 32.3 Å². The van der Waals surface area contributed by atoms with Crippen molar-refractivity contribution in [3.63, 3.8) is 0 Å². The first kappa shape index (κ1) is 37.4. The average molecular weight is 773 g/mol. The largest absolute Gasteiger partial charge is 0.494 e. The van der Waals surface area contributed by atoms with E-state index in [2.05, 4.69) is 32.7 Å². The van der Waals surface area contributed by atoms with E-state index in [0.29, 0.717) is 40.7 Å². The van der Waals surface area contributed by atoms with E-state index in [1.807, 2.05) is 16.9 Å². The maximum Gasteiger partial charge on any atom is 0.433 e. The number of pyridine rings is 1. The number of benzene rings is 2. The van der Waals surface area contributed by atoms with Crippen LogP contribution in [0.5, 0.6) is 5.75 Å². The van der Waals surface area contributed by atoms with Crippen LogP contribution in [0.1, 0.15) is 91.1 Å². The van der Waals surface area contributed by atoms with E-state index < -0.39 is 29.7 Å². The molecule has 3 aliphatic rings. The van der Waals surface area contributed by atoms with Gasteiger partial charge in [-0.1, -0.05) is 12.1 Å². The number of rotatable bonds is 8. The molecule has 2 aromatic carbocycles. The summed E-state index contributed by atoms with van der Waals surface area (Å²) in [6.45, 7) is 3.03. The highest BCUT2D eigenvalue weighted by Gasteiger charge is 2.34. The summed E-state index contributed by atoms with van der Waals surface area (Å²) in [5.41, 5.74) is 1.93. The zero-order valence-corrected chi connectivity index (χ0v) is 31.1. The fraction of sp³-hybridized carbons (Fsp3) is 0.450. The molecule has 3 amide bonds. The van der Waals surface area contributed by atoms with Crippen LogP contribution in [0, 0.1) is 5.92 Å². The quantitative estimate of drug-likeness (QED) is 0.184. The van der Waals surface area contributed by atoms with Gasteiger partial charge in [-0.25, -0.2) is 9.78 Å². The van der Waals surface area contributed by atoms with Gasteiger partial charge in [0.25, 0.3) is 5.91 Å². The van der Waals surface area contributed by atoms with Crippen LogP contribution in [0.2, 0.25) is 0 Å². The number of ether oxygens (including phenoxy) is 1. The number of likely N-dealkylation sites (tertiary alicyclic amines) is 1. The number of aryl methyl sites for hydroxylation is 1. The Balaban J connectivity index is 0.859. The molecule has 8 rings (SSSR count). The number of nitrogens with zero attached hydrogens (tertiary/aromatic N) is 6. The number of amides is 3. The number of carbonyl (C=O) groups is 3. The Bertz CT molecular complexity index is 2380. The molecule has 2 N–H and O–H groups in total. The first-order valence-electron chi connectivity index (χ1n) is 19.1. The second kappa shape index (κ2) is 14.9. The SMILES string of the molecule is COc1cc2nn(C3CCC(CN4CCC(c5ccc6c(c5)n(C)c(=O)n6C5CCC(=O)NC5=O)CC4)CC3)cc2cc1NC(=O)c1cccc(C(F)(F)F)n1. The van der Waals surface area contributed by atoms with Crippen molar-refractivity contribution < 1.29 is 32.3 Å². The number of aromatic nitrogens is 5. The van der Waals surface area contributed by atoms with Crippen molar-refractivity contribution >= 4 is 45.3 Å². The van der Waals surface area contributed by atoms with Crippen LogP contribution in [0.25, 0.3) is 21.9 Å². The molecule has 294 valence electrons. The lowest BCUT2D eigenvalue weighted by molar-refractivity contribution is -0.141. The van der Waals surface area contributed by atoms with Crippen molar-refractivity contribution in [3.8, 4) is 5.75 Å². The molecule has 0 spiro atoms. The predicted molar refractivity (Wildman–Crippen MR) is 201 cm³/mol. The number of methoxy groups -OCH3 is 1. The molecule has 5 heterocycles. The number of halogens is 3. The maximum absolute atomic E-state index is 13.2. The Morgan fingerprint density at radius 1 is 0.964 bits per heavy atom. The van der Waals surface area contributed by atoms with Gasteiger partial charge in [0.2, 0.25) is 11.8 Å². The Morgan fingerprint density at radius 2 is 1.73 bits per heavy atom. The van der Waals surface area contributed by atoms with Crippen LogP contribution in [-0.4, -0.2) is 73.3 Å². The normalized spacial score (nSPS) is 21.4. The summed E-state index contributed by atoms with van der Waals surface area (Å²) in [5, 5.41) is 10.6. The number of hydrogen-bond donors (Lipinski definition) is 2. The van der Waals surface area contributed by atoms with Crippen molar-refractivity contribution in [3.05, 3.63) is 82.2 Å². The van der Waals surface area contributed by atoms with Crippen LogP contribution in [0.15, 0.2) is 59.5 Å². The molecule has 56 heavy (non-hydrogen) atoms. The molecular formula is C40H43F3N8O5. The van der Waals surface area contributed by atoms with Crippen molar-refractivity contribution in [2.45, 2.75) is 75.5 Å². The highest BCUT2D eigenvalue weighted by atomic mass is 19.4. The highest BCUT2D eigenvalue weighted by Crippen LogP contribution is 2.37. The highest BCUT2D eigenvalue weighted by molar-refractivity contribution is 6.05. The summed E-state index contributed by atoms with van der Waals surface area (Å²) in [5.74, 6) is -0.230. The second-order valence-corrected chi connectivity index (χ2v) is 15.3. The molecule has 1 atom stereocenters. The summed E-state index contributed by atoms with van der Waals surface area (Å²) in [7, 11) is 3.18. The molecule has 2 aliphatic heterocycles. The summed E-state index contributed by atoms with van der Waals surface area (Å²) >= 11 is 0. The van der Waals surface area contributed by atoms with Crippen LogP contribution < -0.4 is 21.1 Å². The number of imide groups is 1. The lowest BCUT2D eigenvalue weighted by atomic mass is 9.84. The lowest BCUT2D eigenvalue weighted by Gasteiger charge is -2.36. The molecule has 1 unspecified atom stereocenters. The first-order chi connectivity index (χ1) is 26.9. The van der Waals surface area contributed by atoms with Crippen LogP contribution in [0.3, 0.4) is 0 Å². The predicted octanol–water partition coefficient (Wildman–Crippen LogP) is 5.95. The minimum Gasteiger partial charge on any atom is -0.494 e. The number of fused-ring (bicyclic) bond motifs is 2. The minimum atomic E-state index is -4.67. The maximum atomic E-state index is 13.2. The first-order valence-corrected chi connectivity index (χ1v) is 19.1. The van der Waals surface area contributed by atoms with Crippen LogP contribution >= 0.6 is 0 Å². The molecule has 5 aromatic rings. The number of piperidine rings is 2. The topological polar surface area (TPSA) is 145 Å². The molecular weight excluding hydrogens is 729 g/mol. The average Bonchev–Trinajstić information content (AvgIpc) is 3.71. The van der Waals surface area contributed by atoms with Gasteiger partial charge in [0.15, 0.2) is 0 Å². The summed E-state index contributed by atoms with van der Waals surface area (Å²) < 4.78 is 50.1. The molecule has 3 aromatic heterocycles. The van der Waals surface area contributed by atoms with Gasteiger partial charge in [-0.3, -0.25) is 33.5 Å². The number of alkyl halides is 3. The van der Waals surface area contributed by atoms with E-state index in [0.717, 1.165) is 81.2 Å². The van der Waals surface area contributed by atoms with Gasteiger partial charge in [0.1, 0.15) is 23.2 Å². The monoisotopic (exact) mass is 772 g/mol. The van der Waals surface area contributed by atoms with E-state index >= 15 is 0 Å². The smallest absolute Gasteiger partial charge is 0.433 e. The third-order valence-corrected chi connectivity index (χ3v) is 11.8. The standard InChI is InChI=1S/C40H43F3N8O5/c1-48-33-19-25(8-11-31(33)51(39(48)55)32-12-13-36(52)46-38(32)54)24-14-16-49(17-15-24)21-23-6-9-27(10-7-23)50-22-26-18-30(34(56-2)20-29(26)47-50)45-37(53)28-4-3-5-35(44-28)40(41,42)43/h3-5,8,11,18-20,22-24,27,32H,6-7,9-10,12-17,21H2,1-2H3,(H,45,53)(H,46,52,54). The Labute approximate surface area is 319 Å². The summed E-state index contributed by atoms with van der Waals surface area (Å²) in [6.07, 6.45) is 3.94. The molecule has 2 saturated heterocycles. The number of carbonyl (C=O) groups excluding carboxylic acids is 3. The lowest BCUT2D eigenvalue weighted by Crippen LogP contribution is -2.44. The van der Waals surface area contributed by atoms with Crippen molar-refractivity contribution in [2.24, 2.45) is 13.0 Å². The molecule has 16 heteroatoms. The molecule has 13 nitrogen and oxygen atoms in total. The fourth-order valence-corrected chi connectivity index (χ4v) is 8.70. The number of nitrogens with one attached hydrogen (secondary N) is 2. The summed E-state index contributed by atoms with van der Waals surface area (Å²) in [6, 6.07) is 12.3. The van der Waals surface area contributed by atoms with Crippen molar-refractivity contribution in [1.29, 1.82) is 0 Å². The van der Waals surface area contributed by atoms with Crippen LogP contribution in [0.4, 0.5) is 18.9 Å². The zero-order valence-electron chi connectivity index (χ0n) is 31.1. The van der Waals surface area contributed by atoms with Gasteiger partial charge in [0.05, 0.1) is 35.4 Å². The van der Waals surface area contributed by atoms with Gasteiger partial charge in [0, 0.05) is 37.7 Å². The Kier molecular flexibility index (Phi) is 9.93. The van der Waals surface area contributed by atoms with E-state index in [1.165, 1.54) is 23.3 Å². The van der Waals surface area contributed by atoms with E-state index in [-0.39, 0.29) is 29.8 Å². The van der Waals surface area contributed by atoms with Crippen LogP contribution in [-0.2, 0) is 22.8 Å². The molecule has 0 radical (unpaired) electrons. The fourth-order valence-electron chi connectivity index (χ4n) is 8.70. The zero-order chi connectivity index (χ0) is 39.3. The second-order valence-electron chi connectivity index (χ2n) is 15.3. The van der Waals surface area contributed by atoms with Gasteiger partial charge in [-0.05, 0) is 106 Å². The third-order valence-electron chi connectivity index (χ3n) is 11.8. The van der Waals surface area contributed by atoms with Gasteiger partial charge in [-0.15, -0.1) is 0 Å². The Hall–Kier alpha value is -5.51. The molecule has 3 fully saturated rings. The minimum absolute atomic E-state index is 0.207. The van der Waals surface area contributed by atoms with Crippen molar-refractivity contribution in [1.82, 2.24) is 34.1 Å². The van der Waals surface area contributed by atoms with E-state index in [4.69, 9.17) is 9.84 Å². The molecule has 1 saturated carbocycles. The summed E-state index contributed by atoms with van der Waals surface area (Å²) in [4.78, 5) is 56.4. The van der Waals surface area contributed by atoms with Gasteiger partial charge in [-0.2, -0.15) is 18.3 Å². The van der Waals surface area contributed by atoms with Gasteiger partial charge >= 0.3 is 11.9 Å². The van der Waals surface area contributed by atoms with Crippen molar-refractivity contribution in [2.75, 3.05) is 32.1 Å². The van der Waals surface area contributed by atoms with Gasteiger partial charge < -0.3 is 15.0 Å².